The third kappa shape index (κ3) is 3.02. The Morgan fingerprint density at radius 1 is 1.28 bits per heavy atom. The minimum Gasteiger partial charge on any atom is -0.268 e. The van der Waals surface area contributed by atoms with Crippen LogP contribution in [-0.4, -0.2) is 24.5 Å². The lowest BCUT2D eigenvalue weighted by Gasteiger charge is -2.01. The smallest absolute Gasteiger partial charge is 0.230 e. The number of rotatable bonds is 3. The van der Waals surface area contributed by atoms with Gasteiger partial charge in [0.2, 0.25) is 10.0 Å². The lowest BCUT2D eigenvalue weighted by Crippen LogP contribution is -2.12. The van der Waals surface area contributed by atoms with E-state index in [1.54, 1.807) is 25.2 Å². The summed E-state index contributed by atoms with van der Waals surface area (Å²) in [5.74, 6) is 0.419. The molecule has 5 nitrogen and oxygen atoms in total. The SMILES string of the molecule is Cn1nc(-c2ccc(Cl)cc2)cc1NS(C)(=O)=O. The predicted octanol–water partition coefficient (Wildman–Crippen LogP) is 2.11. The van der Waals surface area contributed by atoms with Crippen LogP contribution in [0.1, 0.15) is 0 Å². The molecule has 2 aromatic rings. The summed E-state index contributed by atoms with van der Waals surface area (Å²) in [6.45, 7) is 0. The molecular weight excluding hydrogens is 274 g/mol. The van der Waals surface area contributed by atoms with Gasteiger partial charge < -0.3 is 0 Å². The van der Waals surface area contributed by atoms with E-state index in [0.29, 0.717) is 16.5 Å². The first-order valence-electron chi connectivity index (χ1n) is 5.13. The Labute approximate surface area is 110 Å². The van der Waals surface area contributed by atoms with Crippen LogP contribution >= 0.6 is 11.6 Å². The standard InChI is InChI=1S/C11H12ClN3O2S/c1-15-11(14-18(2,16)17)7-10(13-15)8-3-5-9(12)6-4-8/h3-7,14H,1-2H3. The fourth-order valence-corrected chi connectivity index (χ4v) is 2.21. The Bertz CT molecular complexity index is 662. The molecule has 96 valence electrons. The number of hydrogen-bond donors (Lipinski definition) is 1. The number of nitrogens with zero attached hydrogens (tertiary/aromatic N) is 2. The minimum absolute atomic E-state index is 0.419. The predicted molar refractivity (Wildman–Crippen MR) is 72.1 cm³/mol. The average Bonchev–Trinajstić information content (AvgIpc) is 2.59. The summed E-state index contributed by atoms with van der Waals surface area (Å²) in [6.07, 6.45) is 1.10. The third-order valence-electron chi connectivity index (χ3n) is 2.31. The average molecular weight is 286 g/mol. The van der Waals surface area contributed by atoms with Crippen LogP contribution in [0.3, 0.4) is 0 Å². The zero-order valence-electron chi connectivity index (χ0n) is 9.88. The summed E-state index contributed by atoms with van der Waals surface area (Å²) in [7, 11) is -1.63. The number of aromatic nitrogens is 2. The summed E-state index contributed by atoms with van der Waals surface area (Å²) in [5, 5.41) is 4.88. The van der Waals surface area contributed by atoms with Crippen molar-refractivity contribution in [2.45, 2.75) is 0 Å². The van der Waals surface area contributed by atoms with Crippen molar-refractivity contribution in [2.75, 3.05) is 11.0 Å². The van der Waals surface area contributed by atoms with Crippen LogP contribution in [0.15, 0.2) is 30.3 Å². The van der Waals surface area contributed by atoms with Crippen molar-refractivity contribution in [1.29, 1.82) is 0 Å². The fourth-order valence-electron chi connectivity index (χ4n) is 1.51. The van der Waals surface area contributed by atoms with Crippen molar-refractivity contribution in [3.63, 3.8) is 0 Å². The van der Waals surface area contributed by atoms with Gasteiger partial charge in [-0.05, 0) is 12.1 Å². The van der Waals surface area contributed by atoms with Crippen molar-refractivity contribution in [3.05, 3.63) is 35.4 Å². The Balaban J connectivity index is 2.37. The van der Waals surface area contributed by atoms with Crippen molar-refractivity contribution in [1.82, 2.24) is 9.78 Å². The van der Waals surface area contributed by atoms with E-state index in [-0.39, 0.29) is 0 Å². The number of halogens is 1. The second-order valence-electron chi connectivity index (χ2n) is 3.92. The van der Waals surface area contributed by atoms with Crippen LogP contribution in [0.5, 0.6) is 0 Å². The highest BCUT2D eigenvalue weighted by atomic mass is 35.5. The van der Waals surface area contributed by atoms with E-state index >= 15 is 0 Å². The van der Waals surface area contributed by atoms with Crippen molar-refractivity contribution in [3.8, 4) is 11.3 Å². The molecule has 0 spiro atoms. The molecule has 7 heteroatoms. The molecule has 0 unspecified atom stereocenters. The number of sulfonamides is 1. The van der Waals surface area contributed by atoms with Gasteiger partial charge in [-0.1, -0.05) is 23.7 Å². The molecular formula is C11H12ClN3O2S. The Morgan fingerprint density at radius 3 is 2.44 bits per heavy atom. The highest BCUT2D eigenvalue weighted by Gasteiger charge is 2.10. The summed E-state index contributed by atoms with van der Waals surface area (Å²) >= 11 is 5.81. The molecule has 1 N–H and O–H groups in total. The third-order valence-corrected chi connectivity index (χ3v) is 3.14. The molecule has 0 fully saturated rings. The van der Waals surface area contributed by atoms with Crippen LogP contribution in [0.4, 0.5) is 5.82 Å². The van der Waals surface area contributed by atoms with Crippen molar-refractivity contribution >= 4 is 27.4 Å². The normalized spacial score (nSPS) is 11.5. The van der Waals surface area contributed by atoms with Crippen LogP contribution in [0.2, 0.25) is 5.02 Å². The summed E-state index contributed by atoms with van der Waals surface area (Å²) in [4.78, 5) is 0. The summed E-state index contributed by atoms with van der Waals surface area (Å²) in [5.41, 5.74) is 1.55. The number of benzene rings is 1. The largest absolute Gasteiger partial charge is 0.268 e. The van der Waals surface area contributed by atoms with Crippen molar-refractivity contribution < 1.29 is 8.42 Å². The lowest BCUT2D eigenvalue weighted by atomic mass is 10.1. The highest BCUT2D eigenvalue weighted by Crippen LogP contribution is 2.23. The van der Waals surface area contributed by atoms with E-state index < -0.39 is 10.0 Å². The molecule has 18 heavy (non-hydrogen) atoms. The molecule has 0 aliphatic carbocycles. The maximum Gasteiger partial charge on any atom is 0.230 e. The number of nitrogens with one attached hydrogen (secondary N) is 1. The van der Waals surface area contributed by atoms with Gasteiger partial charge in [-0.2, -0.15) is 5.10 Å². The Hall–Kier alpha value is -1.53. The van der Waals surface area contributed by atoms with Crippen LogP contribution < -0.4 is 4.72 Å². The first-order valence-corrected chi connectivity index (χ1v) is 7.40. The van der Waals surface area contributed by atoms with E-state index in [9.17, 15) is 8.42 Å². The monoisotopic (exact) mass is 285 g/mol. The fraction of sp³-hybridized carbons (Fsp3) is 0.182. The molecule has 2 rings (SSSR count). The molecule has 1 heterocycles. The molecule has 0 radical (unpaired) electrons. The van der Waals surface area contributed by atoms with Gasteiger partial charge in [0, 0.05) is 23.7 Å². The lowest BCUT2D eigenvalue weighted by molar-refractivity contribution is 0.606. The van der Waals surface area contributed by atoms with E-state index in [1.165, 1.54) is 4.68 Å². The molecule has 1 aromatic heterocycles. The minimum atomic E-state index is -3.31. The second kappa shape index (κ2) is 4.62. The molecule has 0 amide bonds. The topological polar surface area (TPSA) is 64.0 Å². The molecule has 0 aliphatic heterocycles. The number of anilines is 1. The van der Waals surface area contributed by atoms with Gasteiger partial charge >= 0.3 is 0 Å². The molecule has 0 saturated heterocycles. The zero-order chi connectivity index (χ0) is 13.3. The van der Waals surface area contributed by atoms with E-state index in [1.807, 2.05) is 12.1 Å². The van der Waals surface area contributed by atoms with E-state index in [2.05, 4.69) is 9.82 Å². The Kier molecular flexibility index (Phi) is 3.32. The number of aryl methyl sites for hydroxylation is 1. The van der Waals surface area contributed by atoms with Crippen molar-refractivity contribution in [2.24, 2.45) is 7.05 Å². The Morgan fingerprint density at radius 2 is 1.89 bits per heavy atom. The maximum atomic E-state index is 11.2. The van der Waals surface area contributed by atoms with E-state index in [4.69, 9.17) is 11.6 Å². The molecule has 1 aromatic carbocycles. The first-order chi connectivity index (χ1) is 8.35. The van der Waals surface area contributed by atoms with Crippen LogP contribution in [-0.2, 0) is 17.1 Å². The number of hydrogen-bond acceptors (Lipinski definition) is 3. The van der Waals surface area contributed by atoms with Gasteiger partial charge in [0.15, 0.2) is 0 Å². The van der Waals surface area contributed by atoms with Gasteiger partial charge in [-0.15, -0.1) is 0 Å². The maximum absolute atomic E-state index is 11.2. The van der Waals surface area contributed by atoms with Gasteiger partial charge in [0.05, 0.1) is 11.9 Å². The summed E-state index contributed by atoms with van der Waals surface area (Å²) < 4.78 is 26.2. The molecule has 0 bridgehead atoms. The van der Waals surface area contributed by atoms with Crippen LogP contribution in [0.25, 0.3) is 11.3 Å². The van der Waals surface area contributed by atoms with Gasteiger partial charge in [0.1, 0.15) is 5.82 Å². The highest BCUT2D eigenvalue weighted by molar-refractivity contribution is 7.92. The van der Waals surface area contributed by atoms with Gasteiger partial charge in [-0.3, -0.25) is 9.40 Å². The van der Waals surface area contributed by atoms with Gasteiger partial charge in [-0.25, -0.2) is 8.42 Å². The second-order valence-corrected chi connectivity index (χ2v) is 6.10. The quantitative estimate of drug-likeness (QED) is 0.939. The molecule has 0 atom stereocenters. The van der Waals surface area contributed by atoms with Crippen LogP contribution in [0, 0.1) is 0 Å². The van der Waals surface area contributed by atoms with E-state index in [0.717, 1.165) is 11.8 Å². The zero-order valence-corrected chi connectivity index (χ0v) is 11.5. The first kappa shape index (κ1) is 12.9. The molecule has 0 aliphatic rings. The summed E-state index contributed by atoms with van der Waals surface area (Å²) in [6, 6.07) is 8.85. The van der Waals surface area contributed by atoms with Gasteiger partial charge in [0.25, 0.3) is 0 Å². The molecule has 0 saturated carbocycles.